The third-order valence-corrected chi connectivity index (χ3v) is 7.75. The van der Waals surface area contributed by atoms with Crippen molar-refractivity contribution in [2.24, 2.45) is 0 Å². The van der Waals surface area contributed by atoms with Crippen LogP contribution in [0.1, 0.15) is 99.6 Å². The van der Waals surface area contributed by atoms with Crippen LogP contribution >= 0.6 is 0 Å². The molecule has 1 heterocycles. The molecule has 5 nitrogen and oxygen atoms in total. The van der Waals surface area contributed by atoms with E-state index in [-0.39, 0.29) is 17.5 Å². The maximum Gasteiger partial charge on any atom is 0.266 e. The summed E-state index contributed by atoms with van der Waals surface area (Å²) >= 11 is 0. The largest absolute Gasteiger partial charge is 0.328 e. The summed E-state index contributed by atoms with van der Waals surface area (Å²) in [5.74, 6) is 0.597. The third kappa shape index (κ3) is 6.52. The minimum atomic E-state index is -0.354. The number of amides is 1. The standard InChI is InChI=1S/C35H43N3O2/c1-5-9-13-25-37(34(39)28-21-17-27(18-22-28)14-10-6-2)32(8-4)33-36-31-16-12-11-15-30(31)35(40)38(33)29-23-19-26(7-3)20-24-29/h11-12,15-24,32H,5-10,13-14,25H2,1-4H3. The Kier molecular flexibility index (Phi) is 10.3. The van der Waals surface area contributed by atoms with Gasteiger partial charge in [-0.05, 0) is 79.6 Å². The summed E-state index contributed by atoms with van der Waals surface area (Å²) < 4.78 is 1.73. The Morgan fingerprint density at radius 1 is 0.825 bits per heavy atom. The topological polar surface area (TPSA) is 55.2 Å². The third-order valence-electron chi connectivity index (χ3n) is 7.75. The molecule has 4 aromatic rings. The first-order valence-corrected chi connectivity index (χ1v) is 15.0. The van der Waals surface area contributed by atoms with Crippen molar-refractivity contribution in [2.45, 2.75) is 85.1 Å². The van der Waals surface area contributed by atoms with Crippen LogP contribution in [0.4, 0.5) is 0 Å². The second-order valence-corrected chi connectivity index (χ2v) is 10.6. The lowest BCUT2D eigenvalue weighted by atomic mass is 10.0. The molecule has 0 aliphatic carbocycles. The van der Waals surface area contributed by atoms with E-state index in [4.69, 9.17) is 4.98 Å². The van der Waals surface area contributed by atoms with Crippen molar-refractivity contribution in [2.75, 3.05) is 6.54 Å². The van der Waals surface area contributed by atoms with Gasteiger partial charge in [-0.25, -0.2) is 4.98 Å². The summed E-state index contributed by atoms with van der Waals surface area (Å²) in [6.07, 6.45) is 7.87. The van der Waals surface area contributed by atoms with Crippen molar-refractivity contribution in [3.63, 3.8) is 0 Å². The predicted octanol–water partition coefficient (Wildman–Crippen LogP) is 8.07. The van der Waals surface area contributed by atoms with Crippen LogP contribution in [-0.4, -0.2) is 26.9 Å². The Hall–Kier alpha value is -3.73. The van der Waals surface area contributed by atoms with Crippen LogP contribution in [0.2, 0.25) is 0 Å². The lowest BCUT2D eigenvalue weighted by Gasteiger charge is -2.32. The van der Waals surface area contributed by atoms with Crippen molar-refractivity contribution in [1.82, 2.24) is 14.5 Å². The molecule has 210 valence electrons. The van der Waals surface area contributed by atoms with Crippen LogP contribution in [0.15, 0.2) is 77.6 Å². The van der Waals surface area contributed by atoms with Crippen LogP contribution in [0.25, 0.3) is 16.6 Å². The second-order valence-electron chi connectivity index (χ2n) is 10.6. The van der Waals surface area contributed by atoms with E-state index >= 15 is 0 Å². The molecule has 0 radical (unpaired) electrons. The number of rotatable bonds is 13. The molecule has 0 aliphatic rings. The molecular formula is C35H43N3O2. The van der Waals surface area contributed by atoms with Crippen LogP contribution in [0, 0.1) is 0 Å². The van der Waals surface area contributed by atoms with E-state index in [0.29, 0.717) is 35.3 Å². The van der Waals surface area contributed by atoms with E-state index < -0.39 is 0 Å². The number of para-hydroxylation sites is 1. The first-order valence-electron chi connectivity index (χ1n) is 15.0. The van der Waals surface area contributed by atoms with Gasteiger partial charge in [-0.2, -0.15) is 0 Å². The average Bonchev–Trinajstić information content (AvgIpc) is 3.00. The maximum absolute atomic E-state index is 14.1. The molecule has 0 fully saturated rings. The van der Waals surface area contributed by atoms with E-state index in [2.05, 4.69) is 52.0 Å². The summed E-state index contributed by atoms with van der Waals surface area (Å²) in [7, 11) is 0. The molecule has 0 saturated heterocycles. The van der Waals surface area contributed by atoms with Crippen molar-refractivity contribution >= 4 is 16.8 Å². The molecule has 0 saturated carbocycles. The molecule has 0 bridgehead atoms. The first kappa shape index (κ1) is 29.3. The summed E-state index contributed by atoms with van der Waals surface area (Å²) in [6, 6.07) is 23.3. The summed E-state index contributed by atoms with van der Waals surface area (Å²) in [4.78, 5) is 35.1. The smallest absolute Gasteiger partial charge is 0.266 e. The van der Waals surface area contributed by atoms with Gasteiger partial charge in [0.25, 0.3) is 11.5 Å². The Balaban J connectivity index is 1.84. The van der Waals surface area contributed by atoms with Crippen molar-refractivity contribution < 1.29 is 4.79 Å². The fourth-order valence-electron chi connectivity index (χ4n) is 5.34. The van der Waals surface area contributed by atoms with E-state index in [1.165, 1.54) is 11.1 Å². The lowest BCUT2D eigenvalue weighted by molar-refractivity contribution is 0.0655. The Labute approximate surface area is 238 Å². The lowest BCUT2D eigenvalue weighted by Crippen LogP contribution is -2.39. The quantitative estimate of drug-likeness (QED) is 0.162. The first-order chi connectivity index (χ1) is 19.5. The number of carbonyl (C=O) groups is 1. The Morgan fingerprint density at radius 2 is 1.50 bits per heavy atom. The van der Waals surface area contributed by atoms with E-state index in [1.54, 1.807) is 4.57 Å². The number of nitrogens with zero attached hydrogens (tertiary/aromatic N) is 3. The zero-order chi connectivity index (χ0) is 28.5. The number of carbonyl (C=O) groups excluding carboxylic acids is 1. The Bertz CT molecular complexity index is 1460. The number of aryl methyl sites for hydroxylation is 2. The summed E-state index contributed by atoms with van der Waals surface area (Å²) in [5, 5.41) is 0.576. The molecule has 3 aromatic carbocycles. The zero-order valence-electron chi connectivity index (χ0n) is 24.5. The molecule has 1 aromatic heterocycles. The highest BCUT2D eigenvalue weighted by Crippen LogP contribution is 2.28. The number of fused-ring (bicyclic) bond motifs is 1. The molecule has 1 amide bonds. The second kappa shape index (κ2) is 14.1. The molecule has 4 rings (SSSR count). The number of aromatic nitrogens is 2. The number of hydrogen-bond donors (Lipinski definition) is 0. The van der Waals surface area contributed by atoms with Gasteiger partial charge >= 0.3 is 0 Å². The molecule has 0 N–H and O–H groups in total. The minimum Gasteiger partial charge on any atom is -0.328 e. The fraction of sp³-hybridized carbons (Fsp3) is 0.400. The van der Waals surface area contributed by atoms with Crippen LogP contribution < -0.4 is 5.56 Å². The van der Waals surface area contributed by atoms with Gasteiger partial charge in [0, 0.05) is 12.1 Å². The molecular weight excluding hydrogens is 494 g/mol. The molecule has 0 aliphatic heterocycles. The number of benzene rings is 3. The van der Waals surface area contributed by atoms with E-state index in [9.17, 15) is 9.59 Å². The maximum atomic E-state index is 14.1. The molecule has 1 atom stereocenters. The number of hydrogen-bond acceptors (Lipinski definition) is 3. The van der Waals surface area contributed by atoms with Crippen LogP contribution in [0.5, 0.6) is 0 Å². The van der Waals surface area contributed by atoms with Gasteiger partial charge in [0.05, 0.1) is 22.6 Å². The highest BCUT2D eigenvalue weighted by molar-refractivity contribution is 5.94. The predicted molar refractivity (Wildman–Crippen MR) is 165 cm³/mol. The van der Waals surface area contributed by atoms with Gasteiger partial charge in [0.15, 0.2) is 0 Å². The van der Waals surface area contributed by atoms with Crippen LogP contribution in [-0.2, 0) is 12.8 Å². The van der Waals surface area contributed by atoms with Crippen molar-refractivity contribution in [3.8, 4) is 5.69 Å². The average molecular weight is 538 g/mol. The minimum absolute atomic E-state index is 0.0136. The number of unbranched alkanes of at least 4 members (excludes halogenated alkanes) is 3. The van der Waals surface area contributed by atoms with Gasteiger partial charge in [-0.3, -0.25) is 14.2 Å². The zero-order valence-corrected chi connectivity index (χ0v) is 24.5. The van der Waals surface area contributed by atoms with E-state index in [0.717, 1.165) is 50.6 Å². The van der Waals surface area contributed by atoms with Crippen molar-refractivity contribution in [3.05, 3.63) is 106 Å². The SMILES string of the molecule is CCCCCN(C(=O)c1ccc(CCCC)cc1)C(CC)c1nc2ccccc2c(=O)n1-c1ccc(CC)cc1. The van der Waals surface area contributed by atoms with E-state index in [1.807, 2.05) is 53.4 Å². The highest BCUT2D eigenvalue weighted by Gasteiger charge is 2.29. The van der Waals surface area contributed by atoms with Gasteiger partial charge in [0.1, 0.15) is 5.82 Å². The van der Waals surface area contributed by atoms with Crippen LogP contribution in [0.3, 0.4) is 0 Å². The van der Waals surface area contributed by atoms with Gasteiger partial charge < -0.3 is 4.90 Å². The molecule has 40 heavy (non-hydrogen) atoms. The summed E-state index contributed by atoms with van der Waals surface area (Å²) in [5.41, 5.74) is 4.46. The summed E-state index contributed by atoms with van der Waals surface area (Å²) in [6.45, 7) is 9.16. The Morgan fingerprint density at radius 3 is 2.15 bits per heavy atom. The van der Waals surface area contributed by atoms with Crippen molar-refractivity contribution in [1.29, 1.82) is 0 Å². The van der Waals surface area contributed by atoms with Gasteiger partial charge in [-0.1, -0.05) is 83.4 Å². The molecule has 5 heteroatoms. The van der Waals surface area contributed by atoms with Gasteiger partial charge in [0.2, 0.25) is 0 Å². The fourth-order valence-corrected chi connectivity index (χ4v) is 5.34. The normalized spacial score (nSPS) is 12.0. The highest BCUT2D eigenvalue weighted by atomic mass is 16.2. The monoisotopic (exact) mass is 537 g/mol. The van der Waals surface area contributed by atoms with Gasteiger partial charge in [-0.15, -0.1) is 0 Å². The molecule has 1 unspecified atom stereocenters. The molecule has 0 spiro atoms.